The number of rotatable bonds is 3. The summed E-state index contributed by atoms with van der Waals surface area (Å²) in [6.45, 7) is 1.46. The second-order valence-electron chi connectivity index (χ2n) is 4.84. The first-order valence-electron chi connectivity index (χ1n) is 6.47. The Balaban J connectivity index is 1.98. The maximum Gasteiger partial charge on any atom is 0.111 e. The van der Waals surface area contributed by atoms with E-state index in [1.54, 1.807) is 24.4 Å². The zero-order valence-electron chi connectivity index (χ0n) is 11.1. The van der Waals surface area contributed by atoms with E-state index < -0.39 is 5.54 Å². The monoisotopic (exact) mass is 328 g/mol. The molecular formula is C13H14Cl2N4O2. The number of nitrogens with one attached hydrogen (secondary N) is 1. The highest BCUT2D eigenvalue weighted by Crippen LogP contribution is 2.29. The standard InChI is InChI=1S/C13H14Cl2N4O2/c14-9-2-1-3-10(12(9)15)19-6-11(17-18-19)13(7-20)8-21-5-4-16-13/h1-3,6,16,20H,4-5,7-8H2. The van der Waals surface area contributed by atoms with Crippen molar-refractivity contribution in [1.29, 1.82) is 0 Å². The van der Waals surface area contributed by atoms with E-state index in [4.69, 9.17) is 27.9 Å². The Labute approximate surface area is 131 Å². The van der Waals surface area contributed by atoms with Crippen LogP contribution in [0.1, 0.15) is 5.69 Å². The molecule has 6 nitrogen and oxygen atoms in total. The van der Waals surface area contributed by atoms with Gasteiger partial charge in [0.2, 0.25) is 0 Å². The smallest absolute Gasteiger partial charge is 0.111 e. The van der Waals surface area contributed by atoms with Crippen LogP contribution in [0.4, 0.5) is 0 Å². The van der Waals surface area contributed by atoms with E-state index in [1.165, 1.54) is 4.68 Å². The molecule has 0 spiro atoms. The van der Waals surface area contributed by atoms with E-state index in [0.29, 0.717) is 41.2 Å². The fourth-order valence-corrected chi connectivity index (χ4v) is 2.66. The molecule has 21 heavy (non-hydrogen) atoms. The van der Waals surface area contributed by atoms with Crippen molar-refractivity contribution in [3.05, 3.63) is 40.1 Å². The van der Waals surface area contributed by atoms with Crippen molar-refractivity contribution in [2.24, 2.45) is 0 Å². The first-order valence-corrected chi connectivity index (χ1v) is 7.23. The van der Waals surface area contributed by atoms with Gasteiger partial charge in [-0.1, -0.05) is 34.5 Å². The average Bonchev–Trinajstić information content (AvgIpc) is 3.01. The summed E-state index contributed by atoms with van der Waals surface area (Å²) in [4.78, 5) is 0. The van der Waals surface area contributed by atoms with E-state index in [2.05, 4.69) is 15.6 Å². The van der Waals surface area contributed by atoms with E-state index in [-0.39, 0.29) is 6.61 Å². The lowest BCUT2D eigenvalue weighted by Crippen LogP contribution is -2.54. The third-order valence-electron chi connectivity index (χ3n) is 3.49. The summed E-state index contributed by atoms with van der Waals surface area (Å²) in [7, 11) is 0. The van der Waals surface area contributed by atoms with Crippen LogP contribution in [-0.2, 0) is 10.3 Å². The Morgan fingerprint density at radius 1 is 1.43 bits per heavy atom. The first-order chi connectivity index (χ1) is 10.2. The highest BCUT2D eigenvalue weighted by atomic mass is 35.5. The van der Waals surface area contributed by atoms with Crippen LogP contribution in [-0.4, -0.2) is 46.5 Å². The van der Waals surface area contributed by atoms with Crippen molar-refractivity contribution in [3.63, 3.8) is 0 Å². The molecule has 3 rings (SSSR count). The SMILES string of the molecule is OCC1(c2cn(-c3cccc(Cl)c3Cl)nn2)COCCN1. The predicted octanol–water partition coefficient (Wildman–Crippen LogP) is 1.38. The number of hydrogen-bond acceptors (Lipinski definition) is 5. The molecule has 1 fully saturated rings. The number of ether oxygens (including phenoxy) is 1. The molecule has 1 aliphatic rings. The van der Waals surface area contributed by atoms with Gasteiger partial charge < -0.3 is 9.84 Å². The average molecular weight is 329 g/mol. The summed E-state index contributed by atoms with van der Waals surface area (Å²) in [5, 5.41) is 22.0. The van der Waals surface area contributed by atoms with E-state index >= 15 is 0 Å². The summed E-state index contributed by atoms with van der Waals surface area (Å²) >= 11 is 12.2. The Morgan fingerprint density at radius 3 is 3.00 bits per heavy atom. The zero-order valence-corrected chi connectivity index (χ0v) is 12.6. The second-order valence-corrected chi connectivity index (χ2v) is 5.63. The highest BCUT2D eigenvalue weighted by molar-refractivity contribution is 6.43. The molecule has 0 saturated carbocycles. The minimum Gasteiger partial charge on any atom is -0.394 e. The summed E-state index contributed by atoms with van der Waals surface area (Å²) in [6, 6.07) is 5.29. The van der Waals surface area contributed by atoms with Crippen LogP contribution >= 0.6 is 23.2 Å². The first kappa shape index (κ1) is 14.7. The molecule has 0 amide bonds. The lowest BCUT2D eigenvalue weighted by atomic mass is 9.97. The Bertz CT molecular complexity index is 641. The number of halogens is 2. The van der Waals surface area contributed by atoms with Gasteiger partial charge >= 0.3 is 0 Å². The maximum absolute atomic E-state index is 9.71. The van der Waals surface area contributed by atoms with Crippen LogP contribution < -0.4 is 5.32 Å². The molecule has 0 bridgehead atoms. The van der Waals surface area contributed by atoms with Crippen LogP contribution in [0, 0.1) is 0 Å². The van der Waals surface area contributed by atoms with E-state index in [9.17, 15) is 5.11 Å². The summed E-state index contributed by atoms with van der Waals surface area (Å²) in [5.41, 5.74) is 0.495. The van der Waals surface area contributed by atoms with Crippen molar-refractivity contribution in [3.8, 4) is 5.69 Å². The van der Waals surface area contributed by atoms with E-state index in [0.717, 1.165) is 0 Å². The quantitative estimate of drug-likeness (QED) is 0.890. The molecule has 0 aliphatic carbocycles. The fourth-order valence-electron chi connectivity index (χ4n) is 2.28. The third kappa shape index (κ3) is 2.65. The molecule has 1 atom stereocenters. The number of hydrogen-bond donors (Lipinski definition) is 2. The van der Waals surface area contributed by atoms with Gasteiger partial charge in [-0.3, -0.25) is 5.32 Å². The molecule has 2 heterocycles. The maximum atomic E-state index is 9.71. The van der Waals surface area contributed by atoms with Crippen LogP contribution in [0.5, 0.6) is 0 Å². The van der Waals surface area contributed by atoms with Crippen molar-refractivity contribution in [1.82, 2.24) is 20.3 Å². The Morgan fingerprint density at radius 2 is 2.29 bits per heavy atom. The topological polar surface area (TPSA) is 72.2 Å². The molecule has 2 aromatic rings. The number of nitrogens with zero attached hydrogens (tertiary/aromatic N) is 3. The molecule has 1 aromatic carbocycles. The normalized spacial score (nSPS) is 22.4. The van der Waals surface area contributed by atoms with Crippen LogP contribution in [0.15, 0.2) is 24.4 Å². The van der Waals surface area contributed by atoms with Gasteiger partial charge in [0.15, 0.2) is 0 Å². The summed E-state index contributed by atoms with van der Waals surface area (Å²) in [6.07, 6.45) is 1.72. The van der Waals surface area contributed by atoms with Gasteiger partial charge in [-0.05, 0) is 12.1 Å². The number of aliphatic hydroxyl groups is 1. The zero-order chi connectivity index (χ0) is 14.9. The number of benzene rings is 1. The highest BCUT2D eigenvalue weighted by Gasteiger charge is 2.37. The molecular weight excluding hydrogens is 315 g/mol. The minimum absolute atomic E-state index is 0.130. The molecule has 1 unspecified atom stereocenters. The van der Waals surface area contributed by atoms with Gasteiger partial charge in [-0.2, -0.15) is 0 Å². The van der Waals surface area contributed by atoms with Crippen LogP contribution in [0.25, 0.3) is 5.69 Å². The molecule has 1 saturated heterocycles. The number of morpholine rings is 1. The molecule has 1 aromatic heterocycles. The van der Waals surface area contributed by atoms with Crippen molar-refractivity contribution in [2.45, 2.75) is 5.54 Å². The van der Waals surface area contributed by atoms with Crippen LogP contribution in [0.2, 0.25) is 10.0 Å². The summed E-state index contributed by atoms with van der Waals surface area (Å²) in [5.74, 6) is 0. The third-order valence-corrected chi connectivity index (χ3v) is 4.30. The van der Waals surface area contributed by atoms with E-state index in [1.807, 2.05) is 0 Å². The fraction of sp³-hybridized carbons (Fsp3) is 0.385. The van der Waals surface area contributed by atoms with Crippen molar-refractivity contribution < 1.29 is 9.84 Å². The van der Waals surface area contributed by atoms with Gasteiger partial charge in [0.05, 0.1) is 41.8 Å². The molecule has 2 N–H and O–H groups in total. The van der Waals surface area contributed by atoms with Crippen LogP contribution in [0.3, 0.4) is 0 Å². The summed E-state index contributed by atoms with van der Waals surface area (Å²) < 4.78 is 6.98. The second kappa shape index (κ2) is 5.90. The lowest BCUT2D eigenvalue weighted by molar-refractivity contribution is -0.00542. The predicted molar refractivity (Wildman–Crippen MR) is 79.0 cm³/mol. The van der Waals surface area contributed by atoms with Gasteiger partial charge in [0, 0.05) is 6.54 Å². The lowest BCUT2D eigenvalue weighted by Gasteiger charge is -2.34. The Kier molecular flexibility index (Phi) is 4.14. The van der Waals surface area contributed by atoms with Gasteiger partial charge in [0.1, 0.15) is 11.2 Å². The molecule has 112 valence electrons. The van der Waals surface area contributed by atoms with Gasteiger partial charge in [-0.25, -0.2) is 4.68 Å². The molecule has 8 heteroatoms. The van der Waals surface area contributed by atoms with Gasteiger partial charge in [-0.15, -0.1) is 5.10 Å². The largest absolute Gasteiger partial charge is 0.394 e. The Hall–Kier alpha value is -1.18. The molecule has 1 aliphatic heterocycles. The number of aliphatic hydroxyl groups excluding tert-OH is 1. The van der Waals surface area contributed by atoms with Crippen molar-refractivity contribution in [2.75, 3.05) is 26.4 Å². The van der Waals surface area contributed by atoms with Gasteiger partial charge in [0.25, 0.3) is 0 Å². The molecule has 0 radical (unpaired) electrons. The van der Waals surface area contributed by atoms with Crippen molar-refractivity contribution >= 4 is 23.2 Å². The number of aromatic nitrogens is 3. The minimum atomic E-state index is -0.735.